The zero-order valence-electron chi connectivity index (χ0n) is 6.81. The maximum atomic E-state index is 9.95. The standard InChI is InChI=1S/C4H5ClO2.C2H7N.ClH/c1-3(6)2-4(5)7;1-3-2;/h2H2,1H3;3H,1-2H3;1H. The van der Waals surface area contributed by atoms with Crippen LogP contribution in [0.4, 0.5) is 0 Å². The smallest absolute Gasteiger partial charge is 0.229 e. The number of ketones is 1. The Morgan fingerprint density at radius 1 is 1.36 bits per heavy atom. The van der Waals surface area contributed by atoms with E-state index in [-0.39, 0.29) is 24.6 Å². The molecule has 0 unspecified atom stereocenters. The van der Waals surface area contributed by atoms with Gasteiger partial charge < -0.3 is 5.32 Å². The third-order valence-electron chi connectivity index (χ3n) is 0.388. The van der Waals surface area contributed by atoms with Crippen LogP contribution in [0.3, 0.4) is 0 Å². The lowest BCUT2D eigenvalue weighted by Gasteiger charge is -1.79. The summed E-state index contributed by atoms with van der Waals surface area (Å²) in [4.78, 5) is 19.7. The lowest BCUT2D eigenvalue weighted by Crippen LogP contribution is -1.94. The summed E-state index contributed by atoms with van der Waals surface area (Å²) in [7, 11) is 3.75. The first-order valence-electron chi connectivity index (χ1n) is 2.80. The van der Waals surface area contributed by atoms with Gasteiger partial charge in [-0.25, -0.2) is 0 Å². The molecule has 0 aromatic rings. The monoisotopic (exact) mass is 201 g/mol. The van der Waals surface area contributed by atoms with Crippen molar-refractivity contribution in [2.75, 3.05) is 14.1 Å². The zero-order valence-corrected chi connectivity index (χ0v) is 8.38. The van der Waals surface area contributed by atoms with Crippen molar-refractivity contribution < 1.29 is 9.59 Å². The molecule has 0 saturated heterocycles. The molecule has 3 nitrogen and oxygen atoms in total. The number of Topliss-reactive ketones (excluding diaryl/α,β-unsaturated/α-hetero) is 1. The van der Waals surface area contributed by atoms with E-state index in [1.807, 2.05) is 14.1 Å². The Labute approximate surface area is 77.9 Å². The minimum atomic E-state index is -0.590. The molecule has 0 saturated carbocycles. The van der Waals surface area contributed by atoms with Crippen LogP contribution < -0.4 is 5.32 Å². The van der Waals surface area contributed by atoms with Crippen LogP contribution in [0, 0.1) is 0 Å². The van der Waals surface area contributed by atoms with Gasteiger partial charge in [-0.1, -0.05) is 0 Å². The molecule has 0 heterocycles. The van der Waals surface area contributed by atoms with Gasteiger partial charge in [0.2, 0.25) is 5.24 Å². The topological polar surface area (TPSA) is 46.2 Å². The minimum absolute atomic E-state index is 0. The number of hydrogen-bond acceptors (Lipinski definition) is 3. The number of carbonyl (C=O) groups is 2. The summed E-state index contributed by atoms with van der Waals surface area (Å²) in [5.41, 5.74) is 0. The number of halogens is 2. The highest BCUT2D eigenvalue weighted by atomic mass is 35.5. The average molecular weight is 202 g/mol. The molecule has 0 bridgehead atoms. The molecule has 68 valence electrons. The molecule has 0 aliphatic heterocycles. The predicted octanol–water partition coefficient (Wildman–Crippen LogP) is 0.988. The predicted molar refractivity (Wildman–Crippen MR) is 48.4 cm³/mol. The van der Waals surface area contributed by atoms with E-state index < -0.39 is 5.24 Å². The number of rotatable bonds is 2. The molecule has 0 aliphatic carbocycles. The molecule has 0 fully saturated rings. The molecule has 0 spiro atoms. The first-order valence-corrected chi connectivity index (χ1v) is 3.18. The fourth-order valence-corrected chi connectivity index (χ4v) is 0.384. The van der Waals surface area contributed by atoms with Crippen LogP contribution in [0.15, 0.2) is 0 Å². The Morgan fingerprint density at radius 2 is 1.64 bits per heavy atom. The number of nitrogens with one attached hydrogen (secondary N) is 1. The lowest BCUT2D eigenvalue weighted by atomic mass is 10.3. The van der Waals surface area contributed by atoms with Crippen molar-refractivity contribution in [2.24, 2.45) is 0 Å². The largest absolute Gasteiger partial charge is 0.323 e. The molecule has 0 aliphatic rings. The highest BCUT2D eigenvalue weighted by Gasteiger charge is 1.97. The molecule has 1 N–H and O–H groups in total. The van der Waals surface area contributed by atoms with E-state index in [4.69, 9.17) is 11.6 Å². The Morgan fingerprint density at radius 3 is 1.64 bits per heavy atom. The van der Waals surface area contributed by atoms with Gasteiger partial charge in [-0.3, -0.25) is 9.59 Å². The Balaban J connectivity index is -0.000000140. The van der Waals surface area contributed by atoms with Crippen molar-refractivity contribution in [1.29, 1.82) is 0 Å². The van der Waals surface area contributed by atoms with Gasteiger partial charge >= 0.3 is 0 Å². The summed E-state index contributed by atoms with van der Waals surface area (Å²) in [6, 6.07) is 0. The van der Waals surface area contributed by atoms with Crippen molar-refractivity contribution in [2.45, 2.75) is 13.3 Å². The third kappa shape index (κ3) is 40.8. The van der Waals surface area contributed by atoms with Crippen LogP contribution in [-0.2, 0) is 9.59 Å². The number of hydrogen-bond donors (Lipinski definition) is 1. The highest BCUT2D eigenvalue weighted by molar-refractivity contribution is 6.64. The second-order valence-electron chi connectivity index (χ2n) is 1.73. The minimum Gasteiger partial charge on any atom is -0.323 e. The first-order chi connectivity index (χ1) is 4.54. The van der Waals surface area contributed by atoms with Gasteiger partial charge in [0.15, 0.2) is 0 Å². The summed E-state index contributed by atoms with van der Waals surface area (Å²) >= 11 is 4.81. The summed E-state index contributed by atoms with van der Waals surface area (Å²) in [5.74, 6) is -0.194. The summed E-state index contributed by atoms with van der Waals surface area (Å²) in [6.45, 7) is 1.32. The van der Waals surface area contributed by atoms with Gasteiger partial charge in [-0.15, -0.1) is 12.4 Å². The second-order valence-corrected chi connectivity index (χ2v) is 2.16. The Bertz CT molecular complexity index is 105. The molecule has 0 amide bonds. The van der Waals surface area contributed by atoms with Crippen LogP contribution in [0.2, 0.25) is 0 Å². The Kier molecular flexibility index (Phi) is 19.5. The average Bonchev–Trinajstić information content (AvgIpc) is 1.62. The van der Waals surface area contributed by atoms with Crippen LogP contribution in [-0.4, -0.2) is 25.1 Å². The quantitative estimate of drug-likeness (QED) is 0.536. The zero-order chi connectivity index (χ0) is 8.57. The van der Waals surface area contributed by atoms with Crippen LogP contribution in [0.25, 0.3) is 0 Å². The van der Waals surface area contributed by atoms with E-state index in [1.165, 1.54) is 6.92 Å². The van der Waals surface area contributed by atoms with E-state index >= 15 is 0 Å². The maximum absolute atomic E-state index is 9.95. The normalized spacial score (nSPS) is 6.91. The van der Waals surface area contributed by atoms with Gasteiger partial charge in [-0.05, 0) is 32.6 Å². The molecule has 0 radical (unpaired) electrons. The van der Waals surface area contributed by atoms with Crippen LogP contribution in [0.1, 0.15) is 13.3 Å². The second kappa shape index (κ2) is 12.5. The van der Waals surface area contributed by atoms with Crippen molar-refractivity contribution in [3.63, 3.8) is 0 Å². The lowest BCUT2D eigenvalue weighted by molar-refractivity contribution is -0.122. The van der Waals surface area contributed by atoms with Gasteiger partial charge in [-0.2, -0.15) is 0 Å². The van der Waals surface area contributed by atoms with Crippen molar-refractivity contribution >= 4 is 35.0 Å². The summed E-state index contributed by atoms with van der Waals surface area (Å²) in [5, 5.41) is 2.16. The van der Waals surface area contributed by atoms with Crippen molar-refractivity contribution in [3.8, 4) is 0 Å². The molecule has 5 heteroatoms. The molecule has 0 atom stereocenters. The van der Waals surface area contributed by atoms with Gasteiger partial charge in [0, 0.05) is 0 Å². The SMILES string of the molecule is CC(=O)CC(=O)Cl.CNC.Cl. The molecule has 0 aromatic heterocycles. The highest BCUT2D eigenvalue weighted by Crippen LogP contribution is 1.87. The molecular weight excluding hydrogens is 189 g/mol. The third-order valence-corrected chi connectivity index (χ3v) is 0.522. The van der Waals surface area contributed by atoms with E-state index in [0.29, 0.717) is 0 Å². The fourth-order valence-electron chi connectivity index (χ4n) is 0.196. The summed E-state index contributed by atoms with van der Waals surface area (Å²) in [6.07, 6.45) is -0.151. The van der Waals surface area contributed by atoms with E-state index in [2.05, 4.69) is 5.32 Å². The fraction of sp³-hybridized carbons (Fsp3) is 0.667. The van der Waals surface area contributed by atoms with Crippen molar-refractivity contribution in [1.82, 2.24) is 5.32 Å². The van der Waals surface area contributed by atoms with Crippen LogP contribution in [0.5, 0.6) is 0 Å². The maximum Gasteiger partial charge on any atom is 0.229 e. The van der Waals surface area contributed by atoms with E-state index in [0.717, 1.165) is 0 Å². The van der Waals surface area contributed by atoms with Gasteiger partial charge in [0.25, 0.3) is 0 Å². The van der Waals surface area contributed by atoms with Crippen LogP contribution >= 0.6 is 24.0 Å². The van der Waals surface area contributed by atoms with Gasteiger partial charge in [0.05, 0.1) is 6.42 Å². The Hall–Kier alpha value is -0.120. The number of carbonyl (C=O) groups excluding carboxylic acids is 2. The first kappa shape index (κ1) is 17.1. The molecule has 11 heavy (non-hydrogen) atoms. The van der Waals surface area contributed by atoms with E-state index in [9.17, 15) is 9.59 Å². The molecular formula is C6H13Cl2NO2. The van der Waals surface area contributed by atoms with Gasteiger partial charge in [0.1, 0.15) is 5.78 Å². The van der Waals surface area contributed by atoms with Crippen molar-refractivity contribution in [3.05, 3.63) is 0 Å². The summed E-state index contributed by atoms with van der Waals surface area (Å²) < 4.78 is 0. The molecule has 0 aromatic carbocycles. The molecule has 0 rings (SSSR count). The van der Waals surface area contributed by atoms with E-state index in [1.54, 1.807) is 0 Å².